The van der Waals surface area contributed by atoms with E-state index < -0.39 is 12.1 Å². The lowest BCUT2D eigenvalue weighted by Crippen LogP contribution is -2.47. The van der Waals surface area contributed by atoms with Crippen LogP contribution in [0.5, 0.6) is 0 Å². The maximum atomic E-state index is 14.1. The van der Waals surface area contributed by atoms with Crippen molar-refractivity contribution >= 4 is 34.9 Å². The number of thiazole rings is 1. The van der Waals surface area contributed by atoms with Crippen LogP contribution in [0.25, 0.3) is 0 Å². The number of amides is 2. The Bertz CT molecular complexity index is 1380. The maximum Gasteiger partial charge on any atom is 0.303 e. The zero-order valence-corrected chi connectivity index (χ0v) is 30.6. The Hall–Kier alpha value is -3.18. The van der Waals surface area contributed by atoms with Crippen molar-refractivity contribution < 1.29 is 23.9 Å². The first-order valence-electron chi connectivity index (χ1n) is 17.7. The molecule has 2 amide bonds. The number of aromatic nitrogens is 2. The predicted octanol–water partition coefficient (Wildman–Crippen LogP) is 5.87. The summed E-state index contributed by atoms with van der Waals surface area (Å²) in [5.41, 5.74) is 1.37. The second-order valence-electron chi connectivity index (χ2n) is 14.6. The molecule has 1 saturated carbocycles. The molecule has 10 nitrogen and oxygen atoms in total. The summed E-state index contributed by atoms with van der Waals surface area (Å²) in [7, 11) is 3.81. The molecule has 5 atom stereocenters. The number of Topliss-reactive ketones (excluding diaryl/α,β-unsaturated/α-hetero) is 1. The van der Waals surface area contributed by atoms with E-state index in [4.69, 9.17) is 4.74 Å². The number of hydrogen-bond donors (Lipinski definition) is 1. The van der Waals surface area contributed by atoms with Crippen LogP contribution in [-0.2, 0) is 25.5 Å². The molecule has 2 aliphatic rings. The quantitative estimate of drug-likeness (QED) is 0.206. The largest absolute Gasteiger partial charge is 0.455 e. The molecule has 264 valence electrons. The summed E-state index contributed by atoms with van der Waals surface area (Å²) in [5.74, 6) is -0.258. The van der Waals surface area contributed by atoms with E-state index in [2.05, 4.69) is 34.0 Å². The van der Waals surface area contributed by atoms with Crippen molar-refractivity contribution in [3.8, 4) is 0 Å². The van der Waals surface area contributed by atoms with Gasteiger partial charge < -0.3 is 15.0 Å². The normalized spacial score (nSPS) is 19.4. The second-order valence-corrected chi connectivity index (χ2v) is 15.5. The zero-order chi connectivity index (χ0) is 35.0. The van der Waals surface area contributed by atoms with E-state index in [1.807, 2.05) is 40.1 Å². The first kappa shape index (κ1) is 37.6. The van der Waals surface area contributed by atoms with Gasteiger partial charge in [-0.15, -0.1) is 11.3 Å². The molecule has 2 fully saturated rings. The van der Waals surface area contributed by atoms with Gasteiger partial charge in [-0.05, 0) is 87.6 Å². The van der Waals surface area contributed by atoms with Crippen LogP contribution in [-0.4, -0.2) is 82.1 Å². The number of ether oxygens (including phenoxy) is 1. The highest BCUT2D eigenvalue weighted by molar-refractivity contribution is 7.09. The molecule has 0 aromatic carbocycles. The molecular weight excluding hydrogens is 627 g/mol. The van der Waals surface area contributed by atoms with Gasteiger partial charge in [-0.1, -0.05) is 34.1 Å². The zero-order valence-electron chi connectivity index (χ0n) is 29.8. The van der Waals surface area contributed by atoms with Gasteiger partial charge in [0.25, 0.3) is 5.91 Å². The number of hydrogen-bond acceptors (Lipinski definition) is 9. The van der Waals surface area contributed by atoms with Crippen LogP contribution in [0, 0.1) is 23.7 Å². The standard InChI is InChI=1S/C37H55N5O5S/c1-23(2)18-28(19-26-13-15-38-16-14-26)39-35(45)30-22-48-36(40-30)34(47-25(5)43)21-32(24(3)4)42(7)37(46)29(27-11-12-27)20-33(44)31-10-8-9-17-41(31)6/h13-16,22-24,27-29,31-32,34H,8-12,17-21H2,1-7H3,(H,39,45)/t28-,29+,31-,32-,34-/m1/s1. The fourth-order valence-corrected chi connectivity index (χ4v) is 7.91. The van der Waals surface area contributed by atoms with Crippen molar-refractivity contribution in [3.05, 3.63) is 46.2 Å². The third-order valence-corrected chi connectivity index (χ3v) is 10.7. The van der Waals surface area contributed by atoms with Crippen molar-refractivity contribution in [1.29, 1.82) is 0 Å². The van der Waals surface area contributed by atoms with Gasteiger partial charge in [0, 0.05) is 62.6 Å². The van der Waals surface area contributed by atoms with E-state index in [9.17, 15) is 19.2 Å². The number of nitrogens with zero attached hydrogens (tertiary/aromatic N) is 4. The van der Waals surface area contributed by atoms with E-state index in [0.717, 1.165) is 50.6 Å². The minimum absolute atomic E-state index is 0.0193. The molecule has 0 radical (unpaired) electrons. The summed E-state index contributed by atoms with van der Waals surface area (Å²) < 4.78 is 5.80. The van der Waals surface area contributed by atoms with Gasteiger partial charge in [-0.25, -0.2) is 4.98 Å². The third-order valence-electron chi connectivity index (χ3n) is 9.80. The molecule has 1 aliphatic carbocycles. The average molecular weight is 682 g/mol. The lowest BCUT2D eigenvalue weighted by atomic mass is 9.88. The Labute approximate surface area is 290 Å². The van der Waals surface area contributed by atoms with Gasteiger partial charge in [-0.3, -0.25) is 29.1 Å². The molecule has 48 heavy (non-hydrogen) atoms. The number of piperidine rings is 1. The maximum absolute atomic E-state index is 14.1. The number of pyridine rings is 1. The summed E-state index contributed by atoms with van der Waals surface area (Å²) in [6, 6.07) is 3.45. The molecule has 3 heterocycles. The smallest absolute Gasteiger partial charge is 0.303 e. The topological polar surface area (TPSA) is 122 Å². The highest BCUT2D eigenvalue weighted by Crippen LogP contribution is 2.41. The predicted molar refractivity (Wildman–Crippen MR) is 187 cm³/mol. The highest BCUT2D eigenvalue weighted by atomic mass is 32.1. The first-order valence-corrected chi connectivity index (χ1v) is 18.5. The number of carbonyl (C=O) groups is 4. The SMILES string of the molecule is CC(=O)O[C@H](C[C@H](C(C)C)N(C)C(=O)[C@@H](CC(=O)[C@H]1CCCCN1C)C1CC1)c1nc(C(=O)N[C@@H](Cc2ccncc2)CC(C)C)cs1. The Kier molecular flexibility index (Phi) is 13.7. The fraction of sp³-hybridized carbons (Fsp3) is 0.676. The molecule has 11 heteroatoms. The second kappa shape index (κ2) is 17.5. The third kappa shape index (κ3) is 10.7. The first-order chi connectivity index (χ1) is 22.8. The molecule has 0 spiro atoms. The van der Waals surface area contributed by atoms with Gasteiger partial charge in [0.05, 0.1) is 6.04 Å². The van der Waals surface area contributed by atoms with Crippen molar-refractivity contribution in [2.24, 2.45) is 23.7 Å². The molecule has 0 unspecified atom stereocenters. The monoisotopic (exact) mass is 681 g/mol. The Morgan fingerprint density at radius 3 is 2.38 bits per heavy atom. The molecule has 4 rings (SSSR count). The van der Waals surface area contributed by atoms with Crippen molar-refractivity contribution in [2.45, 2.75) is 117 Å². The summed E-state index contributed by atoms with van der Waals surface area (Å²) >= 11 is 1.28. The fourth-order valence-electron chi connectivity index (χ4n) is 7.08. The number of ketones is 1. The van der Waals surface area contributed by atoms with Gasteiger partial charge in [-0.2, -0.15) is 0 Å². The van der Waals surface area contributed by atoms with Crippen LogP contribution in [0.3, 0.4) is 0 Å². The van der Waals surface area contributed by atoms with Gasteiger partial charge in [0.15, 0.2) is 11.9 Å². The summed E-state index contributed by atoms with van der Waals surface area (Å²) in [4.78, 5) is 65.9. The molecular formula is C37H55N5O5S. The summed E-state index contributed by atoms with van der Waals surface area (Å²) in [5, 5.41) is 5.39. The number of likely N-dealkylation sites (tertiary alicyclic amines) is 1. The van der Waals surface area contributed by atoms with Crippen LogP contribution < -0.4 is 5.32 Å². The van der Waals surface area contributed by atoms with Crippen LogP contribution in [0.4, 0.5) is 0 Å². The molecule has 1 saturated heterocycles. The Morgan fingerprint density at radius 1 is 1.06 bits per heavy atom. The minimum Gasteiger partial charge on any atom is -0.455 e. The van der Waals surface area contributed by atoms with Crippen molar-refractivity contribution in [2.75, 3.05) is 20.6 Å². The van der Waals surface area contributed by atoms with E-state index in [0.29, 0.717) is 23.8 Å². The Morgan fingerprint density at radius 2 is 1.77 bits per heavy atom. The van der Waals surface area contributed by atoms with E-state index >= 15 is 0 Å². The van der Waals surface area contributed by atoms with Gasteiger partial charge in [0.1, 0.15) is 10.7 Å². The van der Waals surface area contributed by atoms with Crippen molar-refractivity contribution in [1.82, 2.24) is 25.1 Å². The molecule has 2 aromatic heterocycles. The number of carbonyl (C=O) groups excluding carboxylic acids is 4. The van der Waals surface area contributed by atoms with Gasteiger partial charge in [0.2, 0.25) is 5.91 Å². The number of rotatable bonds is 17. The van der Waals surface area contributed by atoms with Crippen molar-refractivity contribution in [3.63, 3.8) is 0 Å². The average Bonchev–Trinajstić information content (AvgIpc) is 3.75. The van der Waals surface area contributed by atoms with E-state index in [1.165, 1.54) is 18.3 Å². The van der Waals surface area contributed by atoms with E-state index in [-0.39, 0.29) is 65.6 Å². The van der Waals surface area contributed by atoms with Crippen LogP contribution in [0.15, 0.2) is 29.9 Å². The van der Waals surface area contributed by atoms with E-state index in [1.54, 1.807) is 22.7 Å². The van der Waals surface area contributed by atoms with Gasteiger partial charge >= 0.3 is 5.97 Å². The summed E-state index contributed by atoms with van der Waals surface area (Å²) in [6.07, 6.45) is 9.80. The number of esters is 1. The van der Waals surface area contributed by atoms with Crippen LogP contribution >= 0.6 is 11.3 Å². The number of nitrogens with one attached hydrogen (secondary N) is 1. The minimum atomic E-state index is -0.725. The van der Waals surface area contributed by atoms with Crippen LogP contribution in [0.2, 0.25) is 0 Å². The summed E-state index contributed by atoms with van der Waals surface area (Å²) in [6.45, 7) is 10.6. The molecule has 0 bridgehead atoms. The molecule has 1 N–H and O–H groups in total. The molecule has 2 aromatic rings. The highest BCUT2D eigenvalue weighted by Gasteiger charge is 2.42. The molecule has 1 aliphatic heterocycles. The Balaban J connectivity index is 1.47. The lowest BCUT2D eigenvalue weighted by Gasteiger charge is -2.36. The van der Waals surface area contributed by atoms with Crippen LogP contribution in [0.1, 0.15) is 113 Å². The lowest BCUT2D eigenvalue weighted by molar-refractivity contribution is -0.149. The number of likely N-dealkylation sites (N-methyl/N-ethyl adjacent to an activating group) is 1.